The van der Waals surface area contributed by atoms with Crippen molar-refractivity contribution in [2.75, 3.05) is 0 Å². The van der Waals surface area contributed by atoms with E-state index in [1.165, 1.54) is 49.6 Å². The summed E-state index contributed by atoms with van der Waals surface area (Å²) in [6.45, 7) is 5.48. The highest BCUT2D eigenvalue weighted by molar-refractivity contribution is 6.12. The zero-order valence-electron chi connectivity index (χ0n) is 22.7. The number of nitrogens with one attached hydrogen (secondary N) is 1. The average molecular weight is 519 g/mol. The third-order valence-electron chi connectivity index (χ3n) is 8.68. The summed E-state index contributed by atoms with van der Waals surface area (Å²) in [4.78, 5) is 5.38. The summed E-state index contributed by atoms with van der Waals surface area (Å²) in [5.41, 5.74) is 15.3. The van der Waals surface area contributed by atoms with E-state index < -0.39 is 0 Å². The van der Waals surface area contributed by atoms with Crippen LogP contribution < -0.4 is 5.01 Å². The van der Waals surface area contributed by atoms with Gasteiger partial charge in [0.1, 0.15) is 6.54 Å². The standard InChI is InChI=1S/C36H30N4/c1-36(2)30-19-11-9-17-26(30)28-21-22-29-27-18-10-12-20-31(27)40(33(29)32(28)36)35-37-34(25-15-7-4-8-16-25)38-39(35)23-24-13-5-3-6-14-24/h3-22,35,39H,23H2,1-2H3. The van der Waals surface area contributed by atoms with Crippen LogP contribution in [0.25, 0.3) is 38.4 Å². The molecule has 4 nitrogen and oxygen atoms in total. The Morgan fingerprint density at radius 3 is 2.25 bits per heavy atom. The zero-order valence-corrected chi connectivity index (χ0v) is 22.7. The molecule has 5 aromatic carbocycles. The molecule has 1 aliphatic heterocycles. The zero-order chi connectivity index (χ0) is 26.8. The first-order chi connectivity index (χ1) is 19.6. The molecule has 6 aromatic rings. The first kappa shape index (κ1) is 23.2. The second-order valence-electron chi connectivity index (χ2n) is 11.4. The summed E-state index contributed by atoms with van der Waals surface area (Å²) >= 11 is 0. The number of hydrogen-bond donors (Lipinski definition) is 1. The van der Waals surface area contributed by atoms with Gasteiger partial charge in [-0.2, -0.15) is 0 Å². The lowest BCUT2D eigenvalue weighted by Gasteiger charge is -2.30. The van der Waals surface area contributed by atoms with Gasteiger partial charge in [-0.1, -0.05) is 129 Å². The number of quaternary nitrogens is 1. The maximum Gasteiger partial charge on any atom is 0.194 e. The Hall–Kier alpha value is -4.67. The van der Waals surface area contributed by atoms with Gasteiger partial charge in [-0.25, -0.2) is 0 Å². The van der Waals surface area contributed by atoms with Crippen molar-refractivity contribution in [3.63, 3.8) is 0 Å². The molecule has 2 atom stereocenters. The highest BCUT2D eigenvalue weighted by atomic mass is 15.7. The number of amidine groups is 1. The lowest BCUT2D eigenvalue weighted by Crippen LogP contribution is -3.06. The minimum Gasteiger partial charge on any atom is -0.388 e. The highest BCUT2D eigenvalue weighted by Crippen LogP contribution is 2.52. The molecule has 2 heterocycles. The Morgan fingerprint density at radius 1 is 0.725 bits per heavy atom. The first-order valence-corrected chi connectivity index (χ1v) is 14.0. The van der Waals surface area contributed by atoms with Crippen LogP contribution in [0.4, 0.5) is 0 Å². The van der Waals surface area contributed by atoms with E-state index in [0.717, 1.165) is 23.0 Å². The summed E-state index contributed by atoms with van der Waals surface area (Å²) in [5, 5.41) is 3.60. The van der Waals surface area contributed by atoms with Crippen LogP contribution in [0.5, 0.6) is 0 Å². The van der Waals surface area contributed by atoms with E-state index in [1.54, 1.807) is 0 Å². The molecule has 2 aliphatic rings. The summed E-state index contributed by atoms with van der Waals surface area (Å²) in [5.74, 6) is 0.803. The molecule has 0 saturated heterocycles. The third-order valence-corrected chi connectivity index (χ3v) is 8.68. The van der Waals surface area contributed by atoms with Crippen LogP contribution in [0.3, 0.4) is 0 Å². The molecule has 0 radical (unpaired) electrons. The Bertz CT molecular complexity index is 1930. The molecule has 1 aliphatic carbocycles. The van der Waals surface area contributed by atoms with Gasteiger partial charge in [0, 0.05) is 27.6 Å². The monoisotopic (exact) mass is 518 g/mol. The Balaban J connectivity index is 1.42. The average Bonchev–Trinajstić information content (AvgIpc) is 3.62. The summed E-state index contributed by atoms with van der Waals surface area (Å²) < 4.78 is 2.48. The van der Waals surface area contributed by atoms with Crippen molar-refractivity contribution in [2.24, 2.45) is 4.99 Å². The Kier molecular flexibility index (Phi) is 5.04. The fourth-order valence-corrected chi connectivity index (χ4v) is 6.88. The Labute approximate surface area is 234 Å². The molecule has 0 fully saturated rings. The SMILES string of the molecule is CC1(C)c2ccccc2-c2ccc3c4ccccc4n(C4N=C(c5ccccc5)[N-][NH+]4Cc4ccccc4)c3c21. The molecule has 2 unspecified atom stereocenters. The van der Waals surface area contributed by atoms with Crippen LogP contribution in [0.1, 0.15) is 42.4 Å². The third kappa shape index (κ3) is 3.33. The van der Waals surface area contributed by atoms with Crippen molar-refractivity contribution in [2.45, 2.75) is 32.1 Å². The van der Waals surface area contributed by atoms with Gasteiger partial charge >= 0.3 is 0 Å². The normalized spacial score (nSPS) is 18.9. The molecule has 194 valence electrons. The molecule has 8 rings (SSSR count). The number of aliphatic imine (C=N–C) groups is 1. The first-order valence-electron chi connectivity index (χ1n) is 14.0. The minimum atomic E-state index is -0.233. The van der Waals surface area contributed by atoms with Crippen LogP contribution in [0.15, 0.2) is 126 Å². The molecule has 0 spiro atoms. The molecule has 0 bridgehead atoms. The van der Waals surface area contributed by atoms with Crippen molar-refractivity contribution >= 4 is 27.6 Å². The summed E-state index contributed by atoms with van der Waals surface area (Å²) in [7, 11) is 0. The summed E-state index contributed by atoms with van der Waals surface area (Å²) in [6.07, 6.45) is -0.233. The molecule has 0 amide bonds. The van der Waals surface area contributed by atoms with Crippen LogP contribution >= 0.6 is 0 Å². The van der Waals surface area contributed by atoms with Crippen LogP contribution in [-0.2, 0) is 12.0 Å². The molecule has 0 saturated carbocycles. The van der Waals surface area contributed by atoms with Crippen molar-refractivity contribution in [3.8, 4) is 11.1 Å². The predicted molar refractivity (Wildman–Crippen MR) is 163 cm³/mol. The summed E-state index contributed by atoms with van der Waals surface area (Å²) in [6, 6.07) is 43.3. The maximum absolute atomic E-state index is 5.38. The van der Waals surface area contributed by atoms with Crippen molar-refractivity contribution < 1.29 is 5.01 Å². The molecule has 1 N–H and O–H groups in total. The topological polar surface area (TPSA) is 35.8 Å². The van der Waals surface area contributed by atoms with Gasteiger partial charge in [-0.3, -0.25) is 15.0 Å². The van der Waals surface area contributed by atoms with E-state index in [2.05, 4.69) is 134 Å². The smallest absolute Gasteiger partial charge is 0.194 e. The van der Waals surface area contributed by atoms with Gasteiger partial charge in [0.25, 0.3) is 0 Å². The van der Waals surface area contributed by atoms with E-state index >= 15 is 0 Å². The van der Waals surface area contributed by atoms with Crippen molar-refractivity contribution in [1.29, 1.82) is 0 Å². The predicted octanol–water partition coefficient (Wildman–Crippen LogP) is 7.39. The van der Waals surface area contributed by atoms with Gasteiger partial charge in [-0.05, 0) is 33.9 Å². The molecule has 40 heavy (non-hydrogen) atoms. The van der Waals surface area contributed by atoms with Crippen molar-refractivity contribution in [3.05, 3.63) is 149 Å². The second-order valence-corrected chi connectivity index (χ2v) is 11.4. The number of nitrogens with zero attached hydrogens (tertiary/aromatic N) is 3. The van der Waals surface area contributed by atoms with E-state index in [4.69, 9.17) is 10.4 Å². The Morgan fingerprint density at radius 2 is 1.43 bits per heavy atom. The lowest BCUT2D eigenvalue weighted by molar-refractivity contribution is -0.908. The second kappa shape index (κ2) is 8.67. The number of rotatable bonds is 4. The molecular weight excluding hydrogens is 488 g/mol. The van der Waals surface area contributed by atoms with Crippen LogP contribution in [-0.4, -0.2) is 10.4 Å². The van der Waals surface area contributed by atoms with Gasteiger partial charge in [0.2, 0.25) is 0 Å². The number of benzene rings is 5. The van der Waals surface area contributed by atoms with Gasteiger partial charge in [0.15, 0.2) is 6.29 Å². The maximum atomic E-state index is 5.38. The number of fused-ring (bicyclic) bond motifs is 7. The minimum absolute atomic E-state index is 0.140. The van der Waals surface area contributed by atoms with Gasteiger partial charge in [0.05, 0.1) is 11.0 Å². The van der Waals surface area contributed by atoms with E-state index in [-0.39, 0.29) is 11.7 Å². The molecule has 1 aromatic heterocycles. The van der Waals surface area contributed by atoms with E-state index in [9.17, 15) is 0 Å². The van der Waals surface area contributed by atoms with Crippen molar-refractivity contribution in [1.82, 2.24) is 4.57 Å². The number of aromatic nitrogens is 1. The highest BCUT2D eigenvalue weighted by Gasteiger charge is 2.39. The largest absolute Gasteiger partial charge is 0.388 e. The van der Waals surface area contributed by atoms with Crippen LogP contribution in [0.2, 0.25) is 0 Å². The van der Waals surface area contributed by atoms with E-state index in [1.807, 2.05) is 6.07 Å². The molecular formula is C36H30N4. The van der Waals surface area contributed by atoms with Gasteiger partial charge < -0.3 is 4.99 Å². The van der Waals surface area contributed by atoms with Gasteiger partial charge in [-0.15, -0.1) is 0 Å². The van der Waals surface area contributed by atoms with E-state index in [0.29, 0.717) is 0 Å². The quantitative estimate of drug-likeness (QED) is 0.253. The number of para-hydroxylation sites is 1. The molecule has 4 heteroatoms. The lowest BCUT2D eigenvalue weighted by atomic mass is 9.81. The number of hydrogen-bond acceptors (Lipinski definition) is 1. The fourth-order valence-electron chi connectivity index (χ4n) is 6.88. The van der Waals surface area contributed by atoms with Crippen LogP contribution in [0, 0.1) is 0 Å². The fraction of sp³-hybridized carbons (Fsp3) is 0.139.